The van der Waals surface area contributed by atoms with E-state index in [1.807, 2.05) is 26.1 Å². The molecule has 186 valence electrons. The maximum Gasteiger partial charge on any atom is 0.416 e. The van der Waals surface area contributed by atoms with E-state index in [0.717, 1.165) is 16.9 Å². The van der Waals surface area contributed by atoms with Gasteiger partial charge < -0.3 is 20.5 Å². The molecule has 0 unspecified atom stereocenters. The zero-order chi connectivity index (χ0) is 25.4. The van der Waals surface area contributed by atoms with E-state index in [-0.39, 0.29) is 18.0 Å². The Morgan fingerprint density at radius 2 is 2.03 bits per heavy atom. The van der Waals surface area contributed by atoms with Gasteiger partial charge in [-0.2, -0.15) is 5.10 Å². The second-order valence-electron chi connectivity index (χ2n) is 8.81. The topological polar surface area (TPSA) is 109 Å². The Kier molecular flexibility index (Phi) is 6.19. The fourth-order valence-corrected chi connectivity index (χ4v) is 4.55. The van der Waals surface area contributed by atoms with Gasteiger partial charge in [-0.3, -0.25) is 0 Å². The molecule has 0 radical (unpaired) electrons. The molecule has 2 aromatic carbocycles. The van der Waals surface area contributed by atoms with E-state index in [1.165, 1.54) is 18.3 Å². The number of fused-ring (bicyclic) bond motifs is 2. The van der Waals surface area contributed by atoms with Crippen LogP contribution in [0.15, 0.2) is 60.9 Å². The van der Waals surface area contributed by atoms with Crippen molar-refractivity contribution in [2.24, 2.45) is 5.73 Å². The Labute approximate surface area is 207 Å². The van der Waals surface area contributed by atoms with Crippen molar-refractivity contribution < 1.29 is 19.0 Å². The number of amides is 1. The Bertz CT molecular complexity index is 1410. The molecule has 10 heteroatoms. The second-order valence-corrected chi connectivity index (χ2v) is 8.81. The van der Waals surface area contributed by atoms with Gasteiger partial charge in [0.05, 0.1) is 17.9 Å². The van der Waals surface area contributed by atoms with Crippen LogP contribution in [0.4, 0.5) is 26.4 Å². The van der Waals surface area contributed by atoms with Crippen LogP contribution in [0.2, 0.25) is 0 Å². The molecule has 5 rings (SSSR count). The van der Waals surface area contributed by atoms with Gasteiger partial charge in [0.25, 0.3) is 0 Å². The molecule has 9 nitrogen and oxygen atoms in total. The van der Waals surface area contributed by atoms with E-state index in [4.69, 9.17) is 15.5 Å². The summed E-state index contributed by atoms with van der Waals surface area (Å²) in [7, 11) is 0. The molecular weight excluding hydrogens is 463 g/mol. The average Bonchev–Trinajstić information content (AvgIpc) is 3.47. The van der Waals surface area contributed by atoms with Crippen LogP contribution in [0.3, 0.4) is 0 Å². The standard InChI is InChI=1S/C26H27FN6O3/c1-16(13-28)36-23-9-8-19(27)12-21(23)17(2)31-11-10-18-15-32-25(30-24(18)31)22(14-29-32)33(26(34)35)20-6-4-3-5-7-20/h3-9,12,14-17H,10-11,13,28H2,1-2H3,(H,34,35)/t16-,17+/m0/s1. The number of benzene rings is 2. The van der Waals surface area contributed by atoms with E-state index in [9.17, 15) is 14.3 Å². The normalized spacial score (nSPS) is 14.5. The summed E-state index contributed by atoms with van der Waals surface area (Å²) in [5, 5.41) is 14.4. The molecule has 2 atom stereocenters. The minimum Gasteiger partial charge on any atom is -0.489 e. The third-order valence-electron chi connectivity index (χ3n) is 6.42. The van der Waals surface area contributed by atoms with E-state index in [2.05, 4.69) is 10.00 Å². The number of halogens is 1. The molecule has 2 aromatic heterocycles. The summed E-state index contributed by atoms with van der Waals surface area (Å²) in [6, 6.07) is 13.0. The third-order valence-corrected chi connectivity index (χ3v) is 6.42. The number of carbonyl (C=O) groups is 1. The molecule has 0 fully saturated rings. The molecule has 0 aliphatic carbocycles. The van der Waals surface area contributed by atoms with Crippen LogP contribution >= 0.6 is 0 Å². The average molecular weight is 491 g/mol. The maximum absolute atomic E-state index is 14.3. The monoisotopic (exact) mass is 490 g/mol. The molecule has 1 aliphatic rings. The van der Waals surface area contributed by atoms with Crippen LogP contribution in [0.5, 0.6) is 5.75 Å². The first kappa shape index (κ1) is 23.6. The second kappa shape index (κ2) is 9.46. The molecule has 3 N–H and O–H groups in total. The molecule has 0 bridgehead atoms. The minimum absolute atomic E-state index is 0.223. The van der Waals surface area contributed by atoms with Crippen LogP contribution in [-0.4, -0.2) is 45.0 Å². The van der Waals surface area contributed by atoms with E-state index >= 15 is 0 Å². The van der Waals surface area contributed by atoms with Crippen LogP contribution in [-0.2, 0) is 6.42 Å². The first-order valence-electron chi connectivity index (χ1n) is 11.8. The highest BCUT2D eigenvalue weighted by Gasteiger charge is 2.31. The predicted molar refractivity (Wildman–Crippen MR) is 135 cm³/mol. The van der Waals surface area contributed by atoms with Crippen molar-refractivity contribution in [2.75, 3.05) is 22.9 Å². The van der Waals surface area contributed by atoms with Crippen molar-refractivity contribution in [3.8, 4) is 5.75 Å². The van der Waals surface area contributed by atoms with Crippen LogP contribution in [0, 0.1) is 5.82 Å². The first-order chi connectivity index (χ1) is 17.4. The minimum atomic E-state index is -1.14. The fourth-order valence-electron chi connectivity index (χ4n) is 4.55. The van der Waals surface area contributed by atoms with Crippen molar-refractivity contribution in [3.05, 3.63) is 77.9 Å². The molecule has 0 saturated heterocycles. The molecule has 36 heavy (non-hydrogen) atoms. The maximum atomic E-state index is 14.3. The Morgan fingerprint density at radius 1 is 1.25 bits per heavy atom. The predicted octanol–water partition coefficient (Wildman–Crippen LogP) is 4.53. The van der Waals surface area contributed by atoms with Crippen molar-refractivity contribution in [2.45, 2.75) is 32.4 Å². The summed E-state index contributed by atoms with van der Waals surface area (Å²) in [6.07, 6.45) is 2.74. The SMILES string of the molecule is C[C@H](c1cc(F)ccc1O[C@@H](C)CN)N1CCc2cn3ncc(N(C(=O)O)c4ccccc4)c3nc21. The van der Waals surface area contributed by atoms with E-state index in [1.54, 1.807) is 34.8 Å². The van der Waals surface area contributed by atoms with E-state index < -0.39 is 6.09 Å². The highest BCUT2D eigenvalue weighted by atomic mass is 19.1. The molecule has 0 spiro atoms. The van der Waals surface area contributed by atoms with Crippen molar-refractivity contribution in [3.63, 3.8) is 0 Å². The van der Waals surface area contributed by atoms with E-state index in [0.29, 0.717) is 47.2 Å². The van der Waals surface area contributed by atoms with Gasteiger partial charge in [0.1, 0.15) is 29.2 Å². The number of rotatable bonds is 7. The largest absolute Gasteiger partial charge is 0.489 e. The Hall–Kier alpha value is -4.18. The van der Waals surface area contributed by atoms with Gasteiger partial charge in [0.2, 0.25) is 0 Å². The van der Waals surface area contributed by atoms with Crippen LogP contribution in [0.1, 0.15) is 31.0 Å². The molecule has 4 aromatic rings. The lowest BCUT2D eigenvalue weighted by molar-refractivity contribution is 0.205. The van der Waals surface area contributed by atoms with Gasteiger partial charge in [0, 0.05) is 30.4 Å². The van der Waals surface area contributed by atoms with Crippen LogP contribution in [0.25, 0.3) is 5.65 Å². The number of para-hydroxylation sites is 1. The third kappa shape index (κ3) is 4.20. The molecule has 3 heterocycles. The van der Waals surface area contributed by atoms with Gasteiger partial charge in [-0.05, 0) is 50.6 Å². The quantitative estimate of drug-likeness (QED) is 0.392. The first-order valence-corrected chi connectivity index (χ1v) is 11.8. The van der Waals surface area contributed by atoms with Crippen molar-refractivity contribution in [1.82, 2.24) is 14.6 Å². The van der Waals surface area contributed by atoms with Gasteiger partial charge in [0.15, 0.2) is 5.65 Å². The van der Waals surface area contributed by atoms with Gasteiger partial charge in [-0.1, -0.05) is 18.2 Å². The number of nitrogens with two attached hydrogens (primary N) is 1. The van der Waals surface area contributed by atoms with Gasteiger partial charge >= 0.3 is 6.09 Å². The Morgan fingerprint density at radius 3 is 2.75 bits per heavy atom. The lowest BCUT2D eigenvalue weighted by Gasteiger charge is -2.29. The summed E-state index contributed by atoms with van der Waals surface area (Å²) in [4.78, 5) is 20.3. The zero-order valence-corrected chi connectivity index (χ0v) is 20.0. The summed E-state index contributed by atoms with van der Waals surface area (Å²) >= 11 is 0. The highest BCUT2D eigenvalue weighted by molar-refractivity contribution is 5.98. The summed E-state index contributed by atoms with van der Waals surface area (Å²) in [5.74, 6) is 0.922. The number of anilines is 3. The summed E-state index contributed by atoms with van der Waals surface area (Å²) in [5.41, 5.74) is 8.64. The summed E-state index contributed by atoms with van der Waals surface area (Å²) < 4.78 is 21.8. The van der Waals surface area contributed by atoms with Crippen LogP contribution < -0.4 is 20.3 Å². The summed E-state index contributed by atoms with van der Waals surface area (Å²) in [6.45, 7) is 4.84. The molecule has 1 aliphatic heterocycles. The number of nitrogens with zero attached hydrogens (tertiary/aromatic N) is 5. The molecule has 0 saturated carbocycles. The zero-order valence-electron chi connectivity index (χ0n) is 20.0. The Balaban J connectivity index is 1.56. The smallest absolute Gasteiger partial charge is 0.416 e. The lowest BCUT2D eigenvalue weighted by atomic mass is 10.1. The van der Waals surface area contributed by atoms with Crippen molar-refractivity contribution >= 4 is 28.9 Å². The number of carboxylic acid groups (broad SMARTS) is 1. The van der Waals surface area contributed by atoms with Gasteiger partial charge in [-0.25, -0.2) is 23.6 Å². The lowest BCUT2D eigenvalue weighted by Crippen LogP contribution is -2.28. The highest BCUT2D eigenvalue weighted by Crippen LogP contribution is 2.39. The fraction of sp³-hybridized carbons (Fsp3) is 0.269. The van der Waals surface area contributed by atoms with Crippen molar-refractivity contribution in [1.29, 1.82) is 0 Å². The van der Waals surface area contributed by atoms with Gasteiger partial charge in [-0.15, -0.1) is 0 Å². The number of aromatic nitrogens is 3. The number of hydrogen-bond acceptors (Lipinski definition) is 6. The number of ether oxygens (including phenoxy) is 1. The molecule has 1 amide bonds. The number of hydrogen-bond donors (Lipinski definition) is 2. The molecular formula is C26H27FN6O3.